The van der Waals surface area contributed by atoms with Crippen LogP contribution in [0.4, 0.5) is 0 Å². The van der Waals surface area contributed by atoms with Crippen LogP contribution in [-0.4, -0.2) is 11.8 Å². The minimum atomic E-state index is -1.22. The first-order valence-corrected chi connectivity index (χ1v) is 6.73. The van der Waals surface area contributed by atoms with Crippen LogP contribution < -0.4 is 11.1 Å². The molecule has 0 aromatic heterocycles. The first-order chi connectivity index (χ1) is 10.0. The lowest BCUT2D eigenvalue weighted by Gasteiger charge is -2.28. The third-order valence-corrected chi connectivity index (χ3v) is 3.44. The predicted octanol–water partition coefficient (Wildman–Crippen LogP) is 1.75. The fraction of sp³-hybridized carbons (Fsp3) is 0.176. The van der Waals surface area contributed by atoms with Crippen molar-refractivity contribution in [1.29, 1.82) is 0 Å². The summed E-state index contributed by atoms with van der Waals surface area (Å²) in [5.41, 5.74) is 5.83. The quantitative estimate of drug-likeness (QED) is 0.877. The number of nitrogens with two attached hydrogens (primary N) is 1. The molecule has 4 heteroatoms. The Morgan fingerprint density at radius 2 is 1.52 bits per heavy atom. The van der Waals surface area contributed by atoms with Gasteiger partial charge in [0.05, 0.1) is 6.42 Å². The molecule has 0 saturated carbocycles. The lowest BCUT2D eigenvalue weighted by Crippen LogP contribution is -2.53. The number of amides is 2. The van der Waals surface area contributed by atoms with E-state index >= 15 is 0 Å². The van der Waals surface area contributed by atoms with Crippen molar-refractivity contribution < 1.29 is 9.59 Å². The maximum Gasteiger partial charge on any atom is 0.247 e. The molecule has 1 unspecified atom stereocenters. The minimum absolute atomic E-state index is 0.205. The molecule has 108 valence electrons. The van der Waals surface area contributed by atoms with Gasteiger partial charge in [-0.3, -0.25) is 9.59 Å². The molecule has 21 heavy (non-hydrogen) atoms. The molecular formula is C17H18N2O2. The van der Waals surface area contributed by atoms with E-state index in [2.05, 4.69) is 5.32 Å². The van der Waals surface area contributed by atoms with E-state index in [1.165, 1.54) is 0 Å². The molecular weight excluding hydrogens is 264 g/mol. The Morgan fingerprint density at radius 3 is 2.05 bits per heavy atom. The topological polar surface area (TPSA) is 72.2 Å². The Bertz CT molecular complexity index is 626. The number of nitrogens with one attached hydrogen (secondary N) is 1. The summed E-state index contributed by atoms with van der Waals surface area (Å²) in [4.78, 5) is 24.0. The molecule has 1 atom stereocenters. The maximum atomic E-state index is 12.2. The highest BCUT2D eigenvalue weighted by Crippen LogP contribution is 2.20. The van der Waals surface area contributed by atoms with Crippen molar-refractivity contribution in [3.8, 4) is 0 Å². The molecule has 0 aliphatic carbocycles. The van der Waals surface area contributed by atoms with Gasteiger partial charge < -0.3 is 11.1 Å². The van der Waals surface area contributed by atoms with Crippen LogP contribution in [0.3, 0.4) is 0 Å². The Balaban J connectivity index is 2.17. The van der Waals surface area contributed by atoms with Crippen LogP contribution in [0.15, 0.2) is 60.7 Å². The molecule has 2 aromatic rings. The van der Waals surface area contributed by atoms with Crippen LogP contribution in [0, 0.1) is 0 Å². The Labute approximate surface area is 124 Å². The first kappa shape index (κ1) is 14.8. The van der Waals surface area contributed by atoms with Gasteiger partial charge in [-0.15, -0.1) is 0 Å². The predicted molar refractivity (Wildman–Crippen MR) is 81.3 cm³/mol. The second-order valence-electron chi connectivity index (χ2n) is 5.07. The molecule has 4 nitrogen and oxygen atoms in total. The number of benzene rings is 2. The Kier molecular flexibility index (Phi) is 4.38. The van der Waals surface area contributed by atoms with Crippen LogP contribution in [0.25, 0.3) is 0 Å². The van der Waals surface area contributed by atoms with Crippen molar-refractivity contribution in [3.63, 3.8) is 0 Å². The molecule has 0 radical (unpaired) electrons. The molecule has 2 rings (SSSR count). The molecule has 0 bridgehead atoms. The zero-order valence-corrected chi connectivity index (χ0v) is 11.9. The van der Waals surface area contributed by atoms with Crippen molar-refractivity contribution in [3.05, 3.63) is 71.8 Å². The molecule has 0 aliphatic rings. The zero-order valence-electron chi connectivity index (χ0n) is 11.9. The van der Waals surface area contributed by atoms with Gasteiger partial charge >= 0.3 is 0 Å². The average molecular weight is 282 g/mol. The number of primary amides is 1. The van der Waals surface area contributed by atoms with E-state index in [1.807, 2.05) is 36.4 Å². The molecule has 2 amide bonds. The summed E-state index contributed by atoms with van der Waals surface area (Å²) < 4.78 is 0. The Hall–Kier alpha value is -2.62. The third kappa shape index (κ3) is 3.48. The highest BCUT2D eigenvalue weighted by atomic mass is 16.2. The largest absolute Gasteiger partial charge is 0.367 e. The van der Waals surface area contributed by atoms with E-state index < -0.39 is 11.4 Å². The molecule has 0 saturated heterocycles. The number of carbonyl (C=O) groups excluding carboxylic acids is 2. The molecule has 2 aromatic carbocycles. The summed E-state index contributed by atoms with van der Waals surface area (Å²) in [6.07, 6.45) is 0.205. The van der Waals surface area contributed by atoms with Gasteiger partial charge in [0, 0.05) is 0 Å². The lowest BCUT2D eigenvalue weighted by molar-refractivity contribution is -0.131. The van der Waals surface area contributed by atoms with Gasteiger partial charge in [0.1, 0.15) is 5.54 Å². The summed E-state index contributed by atoms with van der Waals surface area (Å²) in [5.74, 6) is -0.832. The van der Waals surface area contributed by atoms with E-state index in [1.54, 1.807) is 31.2 Å². The van der Waals surface area contributed by atoms with E-state index in [0.717, 1.165) is 5.56 Å². The van der Waals surface area contributed by atoms with Crippen LogP contribution in [-0.2, 0) is 21.5 Å². The van der Waals surface area contributed by atoms with Crippen LogP contribution >= 0.6 is 0 Å². The summed E-state index contributed by atoms with van der Waals surface area (Å²) in [6, 6.07) is 18.4. The first-order valence-electron chi connectivity index (χ1n) is 6.73. The third-order valence-electron chi connectivity index (χ3n) is 3.44. The second-order valence-corrected chi connectivity index (χ2v) is 5.07. The van der Waals surface area contributed by atoms with Gasteiger partial charge in [-0.2, -0.15) is 0 Å². The molecule has 0 spiro atoms. The number of hydrogen-bond donors (Lipinski definition) is 2. The zero-order chi connectivity index (χ0) is 15.3. The van der Waals surface area contributed by atoms with Gasteiger partial charge in [-0.05, 0) is 18.1 Å². The fourth-order valence-electron chi connectivity index (χ4n) is 2.15. The van der Waals surface area contributed by atoms with E-state index in [-0.39, 0.29) is 12.3 Å². The highest BCUT2D eigenvalue weighted by Gasteiger charge is 2.34. The fourth-order valence-corrected chi connectivity index (χ4v) is 2.15. The maximum absolute atomic E-state index is 12.2. The van der Waals surface area contributed by atoms with Crippen molar-refractivity contribution in [1.82, 2.24) is 5.32 Å². The van der Waals surface area contributed by atoms with Crippen molar-refractivity contribution in [2.75, 3.05) is 0 Å². The summed E-state index contributed by atoms with van der Waals surface area (Å²) in [6.45, 7) is 1.62. The van der Waals surface area contributed by atoms with Crippen molar-refractivity contribution >= 4 is 11.8 Å². The standard InChI is InChI=1S/C17H18N2O2/c1-17(16(18)21,14-10-6-3-7-11-14)19-15(20)12-13-8-4-2-5-9-13/h2-11H,12H2,1H3,(H2,18,21)(H,19,20). The Morgan fingerprint density at radius 1 is 1.00 bits per heavy atom. The van der Waals surface area contributed by atoms with Crippen LogP contribution in [0.1, 0.15) is 18.1 Å². The molecule has 0 aliphatic heterocycles. The summed E-state index contributed by atoms with van der Waals surface area (Å²) in [5, 5.41) is 2.74. The van der Waals surface area contributed by atoms with Crippen molar-refractivity contribution in [2.24, 2.45) is 5.73 Å². The van der Waals surface area contributed by atoms with Crippen molar-refractivity contribution in [2.45, 2.75) is 18.9 Å². The van der Waals surface area contributed by atoms with Crippen LogP contribution in [0.2, 0.25) is 0 Å². The summed E-state index contributed by atoms with van der Waals surface area (Å²) in [7, 11) is 0. The van der Waals surface area contributed by atoms with Gasteiger partial charge in [0.15, 0.2) is 0 Å². The number of carbonyl (C=O) groups is 2. The molecule has 3 N–H and O–H groups in total. The number of rotatable bonds is 5. The smallest absolute Gasteiger partial charge is 0.247 e. The average Bonchev–Trinajstić information content (AvgIpc) is 2.48. The van der Waals surface area contributed by atoms with Gasteiger partial charge in [0.2, 0.25) is 11.8 Å². The van der Waals surface area contributed by atoms with E-state index in [0.29, 0.717) is 5.56 Å². The molecule has 0 heterocycles. The van der Waals surface area contributed by atoms with Crippen LogP contribution in [0.5, 0.6) is 0 Å². The normalized spacial score (nSPS) is 13.2. The summed E-state index contributed by atoms with van der Waals surface area (Å²) >= 11 is 0. The number of hydrogen-bond acceptors (Lipinski definition) is 2. The minimum Gasteiger partial charge on any atom is -0.367 e. The van der Waals surface area contributed by atoms with E-state index in [4.69, 9.17) is 5.73 Å². The van der Waals surface area contributed by atoms with E-state index in [9.17, 15) is 9.59 Å². The van der Waals surface area contributed by atoms with Gasteiger partial charge in [-0.25, -0.2) is 0 Å². The SMILES string of the molecule is CC(NC(=O)Cc1ccccc1)(C(N)=O)c1ccccc1. The lowest BCUT2D eigenvalue weighted by atomic mass is 9.91. The molecule has 0 fully saturated rings. The second kappa shape index (κ2) is 6.22. The van der Waals surface area contributed by atoms with Gasteiger partial charge in [-0.1, -0.05) is 60.7 Å². The van der Waals surface area contributed by atoms with Gasteiger partial charge in [0.25, 0.3) is 0 Å². The monoisotopic (exact) mass is 282 g/mol. The highest BCUT2D eigenvalue weighted by molar-refractivity contribution is 5.91.